The lowest BCUT2D eigenvalue weighted by atomic mass is 10.0. The third kappa shape index (κ3) is 3.01. The van der Waals surface area contributed by atoms with E-state index in [1.165, 1.54) is 31.6 Å². The van der Waals surface area contributed by atoms with Crippen molar-refractivity contribution in [1.29, 1.82) is 0 Å². The molecule has 0 aliphatic heterocycles. The summed E-state index contributed by atoms with van der Waals surface area (Å²) in [6.45, 7) is 0. The van der Waals surface area contributed by atoms with Crippen molar-refractivity contribution in [2.24, 2.45) is 5.84 Å². The lowest BCUT2D eigenvalue weighted by molar-refractivity contribution is 0.395. The zero-order valence-electron chi connectivity index (χ0n) is 10.1. The summed E-state index contributed by atoms with van der Waals surface area (Å²) in [5.74, 6) is 4.40. The van der Waals surface area contributed by atoms with Gasteiger partial charge in [-0.3, -0.25) is 5.84 Å². The smallest absolute Gasteiger partial charge is 0.216 e. The average molecular weight is 266 g/mol. The highest BCUT2D eigenvalue weighted by Gasteiger charge is 2.16. The van der Waals surface area contributed by atoms with Crippen LogP contribution in [0.4, 0.5) is 8.78 Å². The van der Waals surface area contributed by atoms with E-state index in [2.05, 4.69) is 15.4 Å². The molecular formula is C12H12F2N4O. The van der Waals surface area contributed by atoms with Gasteiger partial charge in [0.15, 0.2) is 0 Å². The summed E-state index contributed by atoms with van der Waals surface area (Å²) in [4.78, 5) is 7.87. The van der Waals surface area contributed by atoms with Gasteiger partial charge in [0.2, 0.25) is 5.88 Å². The quantitative estimate of drug-likeness (QED) is 0.645. The van der Waals surface area contributed by atoms with Crippen LogP contribution in [0.25, 0.3) is 0 Å². The molecule has 0 fully saturated rings. The normalized spacial score (nSPS) is 12.2. The molecule has 19 heavy (non-hydrogen) atoms. The molecule has 0 aliphatic carbocycles. The summed E-state index contributed by atoms with van der Waals surface area (Å²) in [6, 6.07) is 4.03. The molecule has 7 heteroatoms. The van der Waals surface area contributed by atoms with Crippen LogP contribution in [-0.4, -0.2) is 17.1 Å². The lowest BCUT2D eigenvalue weighted by Crippen LogP contribution is -2.29. The second-order valence-corrected chi connectivity index (χ2v) is 3.79. The molecule has 1 heterocycles. The monoisotopic (exact) mass is 266 g/mol. The SMILES string of the molecule is COc1cc(C(NN)c2cc(F)cc(F)c2)ncn1. The predicted octanol–water partition coefficient (Wildman–Crippen LogP) is 1.32. The summed E-state index contributed by atoms with van der Waals surface area (Å²) in [7, 11) is 1.46. The van der Waals surface area contributed by atoms with Crippen molar-refractivity contribution in [2.45, 2.75) is 6.04 Å². The first kappa shape index (κ1) is 13.3. The Morgan fingerprint density at radius 1 is 1.16 bits per heavy atom. The van der Waals surface area contributed by atoms with Gasteiger partial charge in [-0.25, -0.2) is 24.2 Å². The number of ether oxygens (including phenoxy) is 1. The van der Waals surface area contributed by atoms with Gasteiger partial charge >= 0.3 is 0 Å². The number of hydrogen-bond donors (Lipinski definition) is 2. The average Bonchev–Trinajstić information content (AvgIpc) is 2.39. The summed E-state index contributed by atoms with van der Waals surface area (Å²) in [6.07, 6.45) is 1.29. The molecule has 1 atom stereocenters. The topological polar surface area (TPSA) is 73.1 Å². The van der Waals surface area contributed by atoms with Crippen LogP contribution >= 0.6 is 0 Å². The van der Waals surface area contributed by atoms with Crippen molar-refractivity contribution in [2.75, 3.05) is 7.11 Å². The summed E-state index contributed by atoms with van der Waals surface area (Å²) >= 11 is 0. The largest absolute Gasteiger partial charge is 0.481 e. The fourth-order valence-electron chi connectivity index (χ4n) is 1.72. The maximum absolute atomic E-state index is 13.2. The zero-order valence-corrected chi connectivity index (χ0v) is 10.1. The van der Waals surface area contributed by atoms with Crippen molar-refractivity contribution < 1.29 is 13.5 Å². The Hall–Kier alpha value is -2.12. The lowest BCUT2D eigenvalue weighted by Gasteiger charge is -2.16. The van der Waals surface area contributed by atoms with Gasteiger partial charge in [0.05, 0.1) is 18.8 Å². The molecule has 0 saturated heterocycles. The molecule has 5 nitrogen and oxygen atoms in total. The van der Waals surface area contributed by atoms with E-state index in [-0.39, 0.29) is 0 Å². The predicted molar refractivity (Wildman–Crippen MR) is 64.1 cm³/mol. The summed E-state index contributed by atoms with van der Waals surface area (Å²) in [5.41, 5.74) is 3.23. The number of nitrogens with two attached hydrogens (primary N) is 1. The van der Waals surface area contributed by atoms with E-state index >= 15 is 0 Å². The van der Waals surface area contributed by atoms with Gasteiger partial charge in [0, 0.05) is 12.1 Å². The van der Waals surface area contributed by atoms with Gasteiger partial charge in [-0.2, -0.15) is 0 Å². The van der Waals surface area contributed by atoms with E-state index in [0.29, 0.717) is 17.1 Å². The van der Waals surface area contributed by atoms with Crippen LogP contribution in [-0.2, 0) is 0 Å². The van der Waals surface area contributed by atoms with Crippen molar-refractivity contribution in [1.82, 2.24) is 15.4 Å². The van der Waals surface area contributed by atoms with Crippen molar-refractivity contribution in [3.05, 3.63) is 53.5 Å². The minimum absolute atomic E-state index is 0.320. The van der Waals surface area contributed by atoms with Crippen molar-refractivity contribution in [3.8, 4) is 5.88 Å². The summed E-state index contributed by atoms with van der Waals surface area (Å²) in [5, 5.41) is 0. The van der Waals surface area contributed by atoms with Crippen LogP contribution in [0.5, 0.6) is 5.88 Å². The molecule has 100 valence electrons. The number of hydrazine groups is 1. The van der Waals surface area contributed by atoms with Gasteiger partial charge < -0.3 is 4.74 Å². The van der Waals surface area contributed by atoms with Gasteiger partial charge in [0.25, 0.3) is 0 Å². The molecule has 2 aromatic rings. The highest BCUT2D eigenvalue weighted by molar-refractivity contribution is 5.30. The molecule has 0 saturated carbocycles. The minimum Gasteiger partial charge on any atom is -0.481 e. The van der Waals surface area contributed by atoms with Gasteiger partial charge in [-0.1, -0.05) is 0 Å². The number of aromatic nitrogens is 2. The third-order valence-corrected chi connectivity index (χ3v) is 2.55. The second kappa shape index (κ2) is 5.68. The summed E-state index contributed by atoms with van der Waals surface area (Å²) < 4.78 is 31.4. The minimum atomic E-state index is -0.684. The maximum Gasteiger partial charge on any atom is 0.216 e. The van der Waals surface area contributed by atoms with E-state index in [0.717, 1.165) is 6.07 Å². The Bertz CT molecular complexity index is 559. The zero-order chi connectivity index (χ0) is 13.8. The molecule has 1 aromatic carbocycles. The van der Waals surface area contributed by atoms with Crippen LogP contribution in [0.3, 0.4) is 0 Å². The Kier molecular flexibility index (Phi) is 3.98. The van der Waals surface area contributed by atoms with E-state index in [4.69, 9.17) is 10.6 Å². The van der Waals surface area contributed by atoms with Crippen molar-refractivity contribution >= 4 is 0 Å². The molecular weight excluding hydrogens is 254 g/mol. The highest BCUT2D eigenvalue weighted by atomic mass is 19.1. The Morgan fingerprint density at radius 3 is 2.42 bits per heavy atom. The molecule has 2 rings (SSSR count). The first-order chi connectivity index (χ1) is 9.13. The molecule has 1 unspecified atom stereocenters. The second-order valence-electron chi connectivity index (χ2n) is 3.79. The highest BCUT2D eigenvalue weighted by Crippen LogP contribution is 2.23. The van der Waals surface area contributed by atoms with E-state index in [9.17, 15) is 8.78 Å². The van der Waals surface area contributed by atoms with E-state index < -0.39 is 17.7 Å². The number of methoxy groups -OCH3 is 1. The van der Waals surface area contributed by atoms with E-state index in [1.54, 1.807) is 0 Å². The Labute approximate surface area is 108 Å². The first-order valence-electron chi connectivity index (χ1n) is 5.42. The molecule has 0 bridgehead atoms. The molecule has 0 amide bonds. The first-order valence-corrected chi connectivity index (χ1v) is 5.42. The number of halogens is 2. The number of hydrogen-bond acceptors (Lipinski definition) is 5. The molecule has 0 radical (unpaired) electrons. The van der Waals surface area contributed by atoms with E-state index in [1.807, 2.05) is 0 Å². The van der Waals surface area contributed by atoms with Crippen LogP contribution in [0.2, 0.25) is 0 Å². The van der Waals surface area contributed by atoms with Crippen molar-refractivity contribution in [3.63, 3.8) is 0 Å². The number of nitrogens with zero attached hydrogens (tertiary/aromatic N) is 2. The van der Waals surface area contributed by atoms with Crippen LogP contribution in [0.1, 0.15) is 17.3 Å². The Balaban J connectivity index is 2.43. The number of rotatable bonds is 4. The Morgan fingerprint density at radius 2 is 1.84 bits per heavy atom. The molecule has 3 N–H and O–H groups in total. The fraction of sp³-hybridized carbons (Fsp3) is 0.167. The van der Waals surface area contributed by atoms with Crippen LogP contribution in [0.15, 0.2) is 30.6 Å². The van der Waals surface area contributed by atoms with Gasteiger partial charge in [-0.15, -0.1) is 0 Å². The third-order valence-electron chi connectivity index (χ3n) is 2.55. The standard InChI is InChI=1S/C12H12F2N4O/c1-19-11-5-10(16-6-17-11)12(18-15)7-2-8(13)4-9(14)3-7/h2-6,12,18H,15H2,1H3. The number of benzene rings is 1. The maximum atomic E-state index is 13.2. The fourth-order valence-corrected chi connectivity index (χ4v) is 1.72. The van der Waals surface area contributed by atoms with Crippen LogP contribution in [0, 0.1) is 11.6 Å². The van der Waals surface area contributed by atoms with Crippen LogP contribution < -0.4 is 16.0 Å². The number of nitrogens with one attached hydrogen (secondary N) is 1. The molecule has 0 spiro atoms. The van der Waals surface area contributed by atoms with Gasteiger partial charge in [0.1, 0.15) is 18.0 Å². The van der Waals surface area contributed by atoms with Gasteiger partial charge in [-0.05, 0) is 17.7 Å². The molecule has 1 aromatic heterocycles. The molecule has 0 aliphatic rings.